The minimum Gasteiger partial charge on any atom is -0.497 e. The lowest BCUT2D eigenvalue weighted by Crippen LogP contribution is -2.30. The molecule has 2 aromatic carbocycles. The van der Waals surface area contributed by atoms with Crippen molar-refractivity contribution in [1.82, 2.24) is 4.90 Å². The number of hydrogen-bond donors (Lipinski definition) is 0. The van der Waals surface area contributed by atoms with E-state index in [0.29, 0.717) is 18.7 Å². The fourth-order valence-corrected chi connectivity index (χ4v) is 2.38. The largest absolute Gasteiger partial charge is 0.497 e. The number of anilines is 1. The number of hydrogen-bond acceptors (Lipinski definition) is 3. The number of carbonyl (C=O) groups is 1. The Kier molecular flexibility index (Phi) is 5.63. The Morgan fingerprint density at radius 2 is 1.78 bits per heavy atom. The van der Waals surface area contributed by atoms with Crippen LogP contribution in [0.2, 0.25) is 0 Å². The van der Waals surface area contributed by atoms with Crippen molar-refractivity contribution in [2.24, 2.45) is 0 Å². The van der Waals surface area contributed by atoms with Crippen LogP contribution >= 0.6 is 0 Å². The van der Waals surface area contributed by atoms with E-state index in [0.717, 1.165) is 17.0 Å². The van der Waals surface area contributed by atoms with Gasteiger partial charge in [0, 0.05) is 38.4 Å². The number of carbonyl (C=O) groups excluding carboxylic acids is 1. The second-order valence-corrected chi connectivity index (χ2v) is 5.61. The predicted molar refractivity (Wildman–Crippen MR) is 94.2 cm³/mol. The molecule has 0 fully saturated rings. The van der Waals surface area contributed by atoms with E-state index in [2.05, 4.69) is 0 Å². The minimum atomic E-state index is 0.0482. The molecule has 2 rings (SSSR count). The van der Waals surface area contributed by atoms with E-state index >= 15 is 0 Å². The molecule has 0 aliphatic carbocycles. The SMILES string of the molecule is CCN(Cc1ccc(OC)cc1)C(=O)c1cccc(N(C)C)c1. The Hall–Kier alpha value is -2.49. The summed E-state index contributed by atoms with van der Waals surface area (Å²) in [6, 6.07) is 15.5. The summed E-state index contributed by atoms with van der Waals surface area (Å²) in [4.78, 5) is 16.6. The van der Waals surface area contributed by atoms with E-state index in [1.54, 1.807) is 7.11 Å². The van der Waals surface area contributed by atoms with E-state index in [9.17, 15) is 4.79 Å². The van der Waals surface area contributed by atoms with E-state index in [1.165, 1.54) is 0 Å². The van der Waals surface area contributed by atoms with Crippen LogP contribution < -0.4 is 9.64 Å². The molecule has 1 amide bonds. The molecular formula is C19H24N2O2. The lowest BCUT2D eigenvalue weighted by Gasteiger charge is -2.22. The Balaban J connectivity index is 2.15. The Morgan fingerprint density at radius 3 is 2.35 bits per heavy atom. The van der Waals surface area contributed by atoms with Crippen molar-refractivity contribution >= 4 is 11.6 Å². The molecule has 0 radical (unpaired) electrons. The first-order valence-electron chi connectivity index (χ1n) is 7.74. The van der Waals surface area contributed by atoms with E-state index < -0.39 is 0 Å². The molecule has 0 spiro atoms. The van der Waals surface area contributed by atoms with Gasteiger partial charge in [0.25, 0.3) is 5.91 Å². The average Bonchev–Trinajstić information content (AvgIpc) is 2.59. The smallest absolute Gasteiger partial charge is 0.254 e. The van der Waals surface area contributed by atoms with Gasteiger partial charge in [0.2, 0.25) is 0 Å². The van der Waals surface area contributed by atoms with Crippen molar-refractivity contribution < 1.29 is 9.53 Å². The molecule has 0 saturated carbocycles. The maximum absolute atomic E-state index is 12.8. The zero-order valence-electron chi connectivity index (χ0n) is 14.2. The molecule has 2 aromatic rings. The van der Waals surface area contributed by atoms with E-state index in [1.807, 2.05) is 79.3 Å². The van der Waals surface area contributed by atoms with Crippen LogP contribution in [-0.4, -0.2) is 38.6 Å². The standard InChI is InChI=1S/C19H24N2O2/c1-5-21(14-15-9-11-18(23-4)12-10-15)19(22)16-7-6-8-17(13-16)20(2)3/h6-13H,5,14H2,1-4H3. The molecule has 0 aliphatic heterocycles. The van der Waals surface area contributed by atoms with Gasteiger partial charge < -0.3 is 14.5 Å². The normalized spacial score (nSPS) is 10.3. The first-order chi connectivity index (χ1) is 11.0. The molecule has 0 bridgehead atoms. The van der Waals surface area contributed by atoms with Gasteiger partial charge >= 0.3 is 0 Å². The molecule has 122 valence electrons. The monoisotopic (exact) mass is 312 g/mol. The number of methoxy groups -OCH3 is 1. The van der Waals surface area contributed by atoms with Gasteiger partial charge in [-0.05, 0) is 42.8 Å². The second kappa shape index (κ2) is 7.68. The van der Waals surface area contributed by atoms with Crippen LogP contribution in [0.1, 0.15) is 22.8 Å². The van der Waals surface area contributed by atoms with Gasteiger partial charge in [-0.3, -0.25) is 4.79 Å². The van der Waals surface area contributed by atoms with Crippen LogP contribution in [-0.2, 0) is 6.54 Å². The van der Waals surface area contributed by atoms with Crippen molar-refractivity contribution in [3.05, 3.63) is 59.7 Å². The molecule has 4 heteroatoms. The molecule has 0 heterocycles. The first-order valence-corrected chi connectivity index (χ1v) is 7.74. The number of ether oxygens (including phenoxy) is 1. The van der Waals surface area contributed by atoms with Gasteiger partial charge in [-0.15, -0.1) is 0 Å². The molecule has 0 saturated heterocycles. The van der Waals surface area contributed by atoms with Crippen molar-refractivity contribution in [3.8, 4) is 5.75 Å². The number of rotatable bonds is 6. The van der Waals surface area contributed by atoms with Crippen LogP contribution in [0.25, 0.3) is 0 Å². The fourth-order valence-electron chi connectivity index (χ4n) is 2.38. The van der Waals surface area contributed by atoms with Crippen LogP contribution in [0, 0.1) is 0 Å². The summed E-state index contributed by atoms with van der Waals surface area (Å²) in [6.07, 6.45) is 0. The summed E-state index contributed by atoms with van der Waals surface area (Å²) in [5.74, 6) is 0.869. The number of benzene rings is 2. The molecular weight excluding hydrogens is 288 g/mol. The third kappa shape index (κ3) is 4.25. The Bertz CT molecular complexity index is 651. The molecule has 0 unspecified atom stereocenters. The predicted octanol–water partition coefficient (Wildman–Crippen LogP) is 3.42. The van der Waals surface area contributed by atoms with Crippen LogP contribution in [0.3, 0.4) is 0 Å². The van der Waals surface area contributed by atoms with E-state index in [-0.39, 0.29) is 5.91 Å². The summed E-state index contributed by atoms with van der Waals surface area (Å²) >= 11 is 0. The van der Waals surface area contributed by atoms with Gasteiger partial charge in [-0.25, -0.2) is 0 Å². The average molecular weight is 312 g/mol. The van der Waals surface area contributed by atoms with Crippen molar-refractivity contribution in [2.75, 3.05) is 32.6 Å². The highest BCUT2D eigenvalue weighted by Gasteiger charge is 2.15. The van der Waals surface area contributed by atoms with Crippen LogP contribution in [0.4, 0.5) is 5.69 Å². The lowest BCUT2D eigenvalue weighted by molar-refractivity contribution is 0.0752. The molecule has 0 atom stereocenters. The topological polar surface area (TPSA) is 32.8 Å². The third-order valence-corrected chi connectivity index (χ3v) is 3.81. The Labute approximate surface area is 138 Å². The minimum absolute atomic E-state index is 0.0482. The lowest BCUT2D eigenvalue weighted by atomic mass is 10.1. The molecule has 0 N–H and O–H groups in total. The van der Waals surface area contributed by atoms with Gasteiger partial charge in [0.15, 0.2) is 0 Å². The summed E-state index contributed by atoms with van der Waals surface area (Å²) in [5, 5.41) is 0. The van der Waals surface area contributed by atoms with Crippen LogP contribution in [0.5, 0.6) is 5.75 Å². The van der Waals surface area contributed by atoms with Gasteiger partial charge in [-0.1, -0.05) is 18.2 Å². The van der Waals surface area contributed by atoms with Gasteiger partial charge in [-0.2, -0.15) is 0 Å². The highest BCUT2D eigenvalue weighted by atomic mass is 16.5. The molecule has 23 heavy (non-hydrogen) atoms. The second-order valence-electron chi connectivity index (χ2n) is 5.61. The highest BCUT2D eigenvalue weighted by Crippen LogP contribution is 2.17. The first kappa shape index (κ1) is 16.9. The van der Waals surface area contributed by atoms with Crippen molar-refractivity contribution in [2.45, 2.75) is 13.5 Å². The summed E-state index contributed by atoms with van der Waals surface area (Å²) in [7, 11) is 5.59. The quantitative estimate of drug-likeness (QED) is 0.819. The van der Waals surface area contributed by atoms with Crippen molar-refractivity contribution in [3.63, 3.8) is 0 Å². The molecule has 0 aliphatic rings. The van der Waals surface area contributed by atoms with Crippen molar-refractivity contribution in [1.29, 1.82) is 0 Å². The zero-order valence-corrected chi connectivity index (χ0v) is 14.2. The van der Waals surface area contributed by atoms with Gasteiger partial charge in [0.1, 0.15) is 5.75 Å². The number of nitrogens with zero attached hydrogens (tertiary/aromatic N) is 2. The summed E-state index contributed by atoms with van der Waals surface area (Å²) < 4.78 is 5.17. The maximum Gasteiger partial charge on any atom is 0.254 e. The molecule has 0 aromatic heterocycles. The zero-order chi connectivity index (χ0) is 16.8. The van der Waals surface area contributed by atoms with E-state index in [4.69, 9.17) is 4.74 Å². The third-order valence-electron chi connectivity index (χ3n) is 3.81. The van der Waals surface area contributed by atoms with Gasteiger partial charge in [0.05, 0.1) is 7.11 Å². The number of amides is 1. The maximum atomic E-state index is 12.8. The highest BCUT2D eigenvalue weighted by molar-refractivity contribution is 5.95. The molecule has 4 nitrogen and oxygen atoms in total. The fraction of sp³-hybridized carbons (Fsp3) is 0.316. The summed E-state index contributed by atoms with van der Waals surface area (Å²) in [6.45, 7) is 3.25. The Morgan fingerprint density at radius 1 is 1.09 bits per heavy atom. The summed E-state index contributed by atoms with van der Waals surface area (Å²) in [5.41, 5.74) is 2.83. The van der Waals surface area contributed by atoms with Crippen LogP contribution in [0.15, 0.2) is 48.5 Å².